The Hall–Kier alpha value is -2.34. The van der Waals surface area contributed by atoms with Crippen LogP contribution in [0.2, 0.25) is 0 Å². The van der Waals surface area contributed by atoms with E-state index in [0.717, 1.165) is 36.0 Å². The Morgan fingerprint density at radius 2 is 1.79 bits per heavy atom. The summed E-state index contributed by atoms with van der Waals surface area (Å²) in [4.78, 5) is 26.8. The number of benzene rings is 2. The highest BCUT2D eigenvalue weighted by atomic mass is 79.9. The maximum atomic E-state index is 12.6. The van der Waals surface area contributed by atoms with Crippen molar-refractivity contribution in [1.82, 2.24) is 10.2 Å². The molecule has 1 aliphatic rings. The summed E-state index contributed by atoms with van der Waals surface area (Å²) in [6.45, 7) is 5.79. The molecule has 0 aromatic heterocycles. The fourth-order valence-electron chi connectivity index (χ4n) is 3.31. The molecule has 148 valence electrons. The number of urea groups is 1. The van der Waals surface area contributed by atoms with Gasteiger partial charge in [0.2, 0.25) is 0 Å². The standard InChI is InChI=1S/C22H26BrN3O2/c1-15-10-12-26(13-11-15)21(27)17-6-8-20(9-7-17)25-22(28)24-16(2)18-4-3-5-19(23)14-18/h3-9,14-16H,10-13H2,1-2H3,(H2,24,25,28). The summed E-state index contributed by atoms with van der Waals surface area (Å²) in [6.07, 6.45) is 2.11. The van der Waals surface area contributed by atoms with E-state index in [2.05, 4.69) is 33.5 Å². The lowest BCUT2D eigenvalue weighted by atomic mass is 9.98. The lowest BCUT2D eigenvalue weighted by molar-refractivity contribution is 0.0697. The van der Waals surface area contributed by atoms with E-state index in [-0.39, 0.29) is 18.0 Å². The second-order valence-corrected chi connectivity index (χ2v) is 8.34. The first-order valence-electron chi connectivity index (χ1n) is 9.64. The third kappa shape index (κ3) is 5.35. The Bertz CT molecular complexity index is 830. The molecule has 5 nitrogen and oxygen atoms in total. The SMILES string of the molecule is CC1CCN(C(=O)c2ccc(NC(=O)NC(C)c3cccc(Br)c3)cc2)CC1. The van der Waals surface area contributed by atoms with Crippen LogP contribution in [-0.2, 0) is 0 Å². The molecule has 28 heavy (non-hydrogen) atoms. The highest BCUT2D eigenvalue weighted by Crippen LogP contribution is 2.20. The van der Waals surface area contributed by atoms with Gasteiger partial charge in [0.1, 0.15) is 0 Å². The van der Waals surface area contributed by atoms with Gasteiger partial charge in [-0.05, 0) is 67.6 Å². The van der Waals surface area contributed by atoms with Crippen molar-refractivity contribution in [2.24, 2.45) is 5.92 Å². The molecule has 2 aromatic rings. The first kappa shape index (κ1) is 20.4. The zero-order valence-corrected chi connectivity index (χ0v) is 17.8. The molecule has 0 saturated carbocycles. The Morgan fingerprint density at radius 3 is 2.43 bits per heavy atom. The summed E-state index contributed by atoms with van der Waals surface area (Å²) in [6, 6.07) is 14.5. The number of halogens is 1. The van der Waals surface area contributed by atoms with E-state index in [1.54, 1.807) is 24.3 Å². The van der Waals surface area contributed by atoms with Crippen molar-refractivity contribution in [1.29, 1.82) is 0 Å². The summed E-state index contributed by atoms with van der Waals surface area (Å²) in [5.41, 5.74) is 2.33. The van der Waals surface area contributed by atoms with E-state index in [1.807, 2.05) is 36.1 Å². The molecular weight excluding hydrogens is 418 g/mol. The van der Waals surface area contributed by atoms with Crippen LogP contribution >= 0.6 is 15.9 Å². The van der Waals surface area contributed by atoms with Crippen LogP contribution in [0, 0.1) is 5.92 Å². The molecule has 0 bridgehead atoms. The van der Waals surface area contributed by atoms with Crippen molar-refractivity contribution in [2.45, 2.75) is 32.7 Å². The number of piperidine rings is 1. The lowest BCUT2D eigenvalue weighted by Gasteiger charge is -2.30. The molecule has 1 atom stereocenters. The minimum atomic E-state index is -0.281. The zero-order chi connectivity index (χ0) is 20.1. The van der Waals surface area contributed by atoms with Crippen molar-refractivity contribution in [3.8, 4) is 0 Å². The number of hydrogen-bond acceptors (Lipinski definition) is 2. The van der Waals surface area contributed by atoms with Gasteiger partial charge in [-0.15, -0.1) is 0 Å². The van der Waals surface area contributed by atoms with Crippen LogP contribution in [-0.4, -0.2) is 29.9 Å². The van der Waals surface area contributed by atoms with E-state index in [9.17, 15) is 9.59 Å². The van der Waals surface area contributed by atoms with Gasteiger partial charge in [0, 0.05) is 28.8 Å². The third-order valence-corrected chi connectivity index (χ3v) is 5.65. The summed E-state index contributed by atoms with van der Waals surface area (Å²) in [5.74, 6) is 0.750. The molecule has 0 spiro atoms. The number of hydrogen-bond donors (Lipinski definition) is 2. The summed E-state index contributed by atoms with van der Waals surface area (Å²) in [5, 5.41) is 5.74. The normalized spacial score (nSPS) is 15.8. The van der Waals surface area contributed by atoms with Crippen molar-refractivity contribution in [3.63, 3.8) is 0 Å². The molecule has 1 aliphatic heterocycles. The number of nitrogens with one attached hydrogen (secondary N) is 2. The molecule has 1 saturated heterocycles. The van der Waals surface area contributed by atoms with E-state index in [1.165, 1.54) is 0 Å². The van der Waals surface area contributed by atoms with Crippen LogP contribution in [0.5, 0.6) is 0 Å². The smallest absolute Gasteiger partial charge is 0.319 e. The minimum Gasteiger partial charge on any atom is -0.339 e. The maximum absolute atomic E-state index is 12.6. The Labute approximate surface area is 174 Å². The molecule has 2 N–H and O–H groups in total. The van der Waals surface area contributed by atoms with Gasteiger partial charge >= 0.3 is 6.03 Å². The molecule has 1 unspecified atom stereocenters. The molecule has 0 radical (unpaired) electrons. The van der Waals surface area contributed by atoms with Gasteiger partial charge in [-0.1, -0.05) is 35.0 Å². The van der Waals surface area contributed by atoms with E-state index in [4.69, 9.17) is 0 Å². The number of carbonyl (C=O) groups excluding carboxylic acids is 2. The van der Waals surface area contributed by atoms with Crippen LogP contribution in [0.15, 0.2) is 53.0 Å². The number of anilines is 1. The van der Waals surface area contributed by atoms with E-state index >= 15 is 0 Å². The fraction of sp³-hybridized carbons (Fsp3) is 0.364. The lowest BCUT2D eigenvalue weighted by Crippen LogP contribution is -2.37. The Kier molecular flexibility index (Phi) is 6.73. The van der Waals surface area contributed by atoms with Gasteiger partial charge in [0.05, 0.1) is 6.04 Å². The number of amides is 3. The number of rotatable bonds is 4. The Morgan fingerprint density at radius 1 is 1.11 bits per heavy atom. The maximum Gasteiger partial charge on any atom is 0.319 e. The first-order chi connectivity index (χ1) is 13.4. The van der Waals surface area contributed by atoms with Gasteiger partial charge in [-0.3, -0.25) is 4.79 Å². The van der Waals surface area contributed by atoms with Gasteiger partial charge < -0.3 is 15.5 Å². The van der Waals surface area contributed by atoms with Crippen molar-refractivity contribution in [3.05, 3.63) is 64.1 Å². The van der Waals surface area contributed by atoms with E-state index < -0.39 is 0 Å². The first-order valence-corrected chi connectivity index (χ1v) is 10.4. The van der Waals surface area contributed by atoms with Crippen LogP contribution in [0.4, 0.5) is 10.5 Å². The van der Waals surface area contributed by atoms with Crippen molar-refractivity contribution < 1.29 is 9.59 Å². The van der Waals surface area contributed by atoms with Gasteiger partial charge in [-0.2, -0.15) is 0 Å². The molecule has 2 aromatic carbocycles. The van der Waals surface area contributed by atoms with Gasteiger partial charge in [0.15, 0.2) is 0 Å². The molecule has 0 aliphatic carbocycles. The predicted molar refractivity (Wildman–Crippen MR) is 115 cm³/mol. The number of nitrogens with zero attached hydrogens (tertiary/aromatic N) is 1. The molecule has 1 heterocycles. The fourth-order valence-corrected chi connectivity index (χ4v) is 3.73. The van der Waals surface area contributed by atoms with Crippen molar-refractivity contribution in [2.75, 3.05) is 18.4 Å². The Balaban J connectivity index is 1.55. The average Bonchev–Trinajstić information content (AvgIpc) is 2.68. The molecule has 3 rings (SSSR count). The van der Waals surface area contributed by atoms with Crippen LogP contribution in [0.1, 0.15) is 48.7 Å². The second kappa shape index (κ2) is 9.24. The highest BCUT2D eigenvalue weighted by Gasteiger charge is 2.21. The third-order valence-electron chi connectivity index (χ3n) is 5.16. The number of likely N-dealkylation sites (tertiary alicyclic amines) is 1. The predicted octanol–water partition coefficient (Wildman–Crippen LogP) is 5.20. The highest BCUT2D eigenvalue weighted by molar-refractivity contribution is 9.10. The van der Waals surface area contributed by atoms with Crippen LogP contribution in [0.3, 0.4) is 0 Å². The molecule has 3 amide bonds. The van der Waals surface area contributed by atoms with Crippen molar-refractivity contribution >= 4 is 33.6 Å². The minimum absolute atomic E-state index is 0.0613. The summed E-state index contributed by atoms with van der Waals surface area (Å²) in [7, 11) is 0. The van der Waals surface area contributed by atoms with Crippen LogP contribution < -0.4 is 10.6 Å². The van der Waals surface area contributed by atoms with Gasteiger partial charge in [0.25, 0.3) is 5.91 Å². The molecular formula is C22H26BrN3O2. The zero-order valence-electron chi connectivity index (χ0n) is 16.2. The molecule has 1 fully saturated rings. The summed E-state index contributed by atoms with van der Waals surface area (Å²) >= 11 is 3.44. The average molecular weight is 444 g/mol. The van der Waals surface area contributed by atoms with E-state index in [0.29, 0.717) is 17.2 Å². The summed E-state index contributed by atoms with van der Waals surface area (Å²) < 4.78 is 0.975. The quantitative estimate of drug-likeness (QED) is 0.681. The monoisotopic (exact) mass is 443 g/mol. The van der Waals surface area contributed by atoms with Gasteiger partial charge in [-0.25, -0.2) is 4.79 Å². The number of carbonyl (C=O) groups is 2. The topological polar surface area (TPSA) is 61.4 Å². The second-order valence-electron chi connectivity index (χ2n) is 7.43. The van der Waals surface area contributed by atoms with Crippen LogP contribution in [0.25, 0.3) is 0 Å². The molecule has 6 heteroatoms. The largest absolute Gasteiger partial charge is 0.339 e.